The number of hydrogen-bond acceptors (Lipinski definition) is 4. The van der Waals surface area contributed by atoms with E-state index >= 15 is 0 Å². The first kappa shape index (κ1) is 53.0. The number of hydrogen-bond donors (Lipinski definition) is 1. The zero-order valence-corrected chi connectivity index (χ0v) is 46.9. The zero-order valence-electron chi connectivity index (χ0n) is 45.3. The Morgan fingerprint density at radius 3 is 1.29 bits per heavy atom. The van der Waals surface area contributed by atoms with E-state index in [9.17, 15) is 0 Å². The van der Waals surface area contributed by atoms with Gasteiger partial charge in [-0.25, -0.2) is 19.9 Å². The molecule has 10 aromatic carbocycles. The maximum atomic E-state index is 4.73. The molecule has 0 amide bonds. The van der Waals surface area contributed by atoms with E-state index in [0.29, 0.717) is 0 Å². The van der Waals surface area contributed by atoms with Crippen LogP contribution in [0.2, 0.25) is 0 Å². The van der Waals surface area contributed by atoms with Crippen LogP contribution in [0.1, 0.15) is 11.1 Å². The molecular formula is C73H57BrN9+. The SMILES string of the molecule is Brc1cccc(-c2nccn2-c2ccccc2)c1.c1ccc(Cc2cccc(-c3nccn3-c3ccccc3)c2)cc1.c1ccc(N(c2cccc(-c3nccn3-c3ccccc3)c2)c2cccc(-c3[nH]cc[n+]3-c3ccccc3)c2)cc1. The summed E-state index contributed by atoms with van der Waals surface area (Å²) in [7, 11) is 0. The second-order valence-electron chi connectivity index (χ2n) is 19.5. The third-order valence-corrected chi connectivity index (χ3v) is 14.5. The summed E-state index contributed by atoms with van der Waals surface area (Å²) in [5.41, 5.74) is 14.6. The van der Waals surface area contributed by atoms with Crippen LogP contribution in [0, 0.1) is 0 Å². The van der Waals surface area contributed by atoms with Crippen LogP contribution in [-0.2, 0) is 6.42 Å². The van der Waals surface area contributed by atoms with Crippen molar-refractivity contribution in [3.8, 4) is 68.3 Å². The van der Waals surface area contributed by atoms with Crippen LogP contribution in [0.5, 0.6) is 0 Å². The van der Waals surface area contributed by atoms with Crippen molar-refractivity contribution < 1.29 is 4.57 Å². The number of H-pyrrole nitrogens is 1. The molecular weight excluding hydrogens is 1080 g/mol. The quantitative estimate of drug-likeness (QED) is 0.117. The van der Waals surface area contributed by atoms with Gasteiger partial charge in [-0.15, -0.1) is 0 Å². The summed E-state index contributed by atoms with van der Waals surface area (Å²) in [5, 5.41) is 0. The smallest absolute Gasteiger partial charge is 0.291 e. The Hall–Kier alpha value is -10.7. The third-order valence-electron chi connectivity index (χ3n) is 14.0. The van der Waals surface area contributed by atoms with Crippen LogP contribution >= 0.6 is 15.9 Å². The summed E-state index contributed by atoms with van der Waals surface area (Å²) in [6.45, 7) is 0. The molecule has 0 aliphatic carbocycles. The molecule has 0 spiro atoms. The minimum absolute atomic E-state index is 0.898. The summed E-state index contributed by atoms with van der Waals surface area (Å²) in [4.78, 5) is 19.5. The molecule has 83 heavy (non-hydrogen) atoms. The molecule has 9 nitrogen and oxygen atoms in total. The number of imidazole rings is 4. The van der Waals surface area contributed by atoms with Gasteiger partial charge in [0.25, 0.3) is 5.82 Å². The molecule has 400 valence electrons. The van der Waals surface area contributed by atoms with Gasteiger partial charge in [-0.05, 0) is 127 Å². The van der Waals surface area contributed by atoms with Gasteiger partial charge in [0.15, 0.2) is 0 Å². The lowest BCUT2D eigenvalue weighted by Crippen LogP contribution is -2.30. The van der Waals surface area contributed by atoms with E-state index in [-0.39, 0.29) is 0 Å². The van der Waals surface area contributed by atoms with Crippen molar-refractivity contribution in [2.24, 2.45) is 0 Å². The minimum atomic E-state index is 0.898. The molecule has 0 radical (unpaired) electrons. The average molecular weight is 1140 g/mol. The van der Waals surface area contributed by atoms with E-state index in [1.54, 1.807) is 0 Å². The van der Waals surface area contributed by atoms with E-state index in [1.807, 2.05) is 122 Å². The fourth-order valence-corrected chi connectivity index (χ4v) is 10.6. The normalized spacial score (nSPS) is 10.8. The molecule has 0 atom stereocenters. The second kappa shape index (κ2) is 25.6. The highest BCUT2D eigenvalue weighted by atomic mass is 79.9. The first-order valence-electron chi connectivity index (χ1n) is 27.5. The number of halogens is 1. The topological polar surface area (TPSA) is 76.4 Å². The Morgan fingerprint density at radius 2 is 0.771 bits per heavy atom. The summed E-state index contributed by atoms with van der Waals surface area (Å²) in [6, 6.07) is 96.3. The van der Waals surface area contributed by atoms with Crippen LogP contribution in [-0.4, -0.2) is 33.6 Å². The lowest BCUT2D eigenvalue weighted by molar-refractivity contribution is -0.582. The molecule has 0 unspecified atom stereocenters. The van der Waals surface area contributed by atoms with Crippen molar-refractivity contribution in [3.05, 3.63) is 344 Å². The van der Waals surface area contributed by atoms with Crippen LogP contribution in [0.3, 0.4) is 0 Å². The summed E-state index contributed by atoms with van der Waals surface area (Å²) < 4.78 is 9.57. The van der Waals surface area contributed by atoms with Gasteiger partial charge in [-0.1, -0.05) is 186 Å². The summed E-state index contributed by atoms with van der Waals surface area (Å²) >= 11 is 3.49. The number of nitrogens with zero attached hydrogens (tertiary/aromatic N) is 8. The van der Waals surface area contributed by atoms with Gasteiger partial charge in [0.05, 0.1) is 5.56 Å². The minimum Gasteiger partial charge on any atom is -0.310 e. The van der Waals surface area contributed by atoms with E-state index in [2.05, 4.69) is 260 Å². The first-order valence-corrected chi connectivity index (χ1v) is 28.2. The molecule has 0 bridgehead atoms. The Labute approximate surface area is 492 Å². The Balaban J connectivity index is 0.000000136. The van der Waals surface area contributed by atoms with Crippen LogP contribution in [0.25, 0.3) is 68.3 Å². The zero-order chi connectivity index (χ0) is 56.0. The fraction of sp³-hybridized carbons (Fsp3) is 0.0137. The highest BCUT2D eigenvalue weighted by Crippen LogP contribution is 2.38. The van der Waals surface area contributed by atoms with E-state index < -0.39 is 0 Å². The highest BCUT2D eigenvalue weighted by molar-refractivity contribution is 9.10. The Morgan fingerprint density at radius 1 is 0.373 bits per heavy atom. The Bertz CT molecular complexity index is 4190. The van der Waals surface area contributed by atoms with Gasteiger partial charge >= 0.3 is 0 Å². The van der Waals surface area contributed by atoms with Gasteiger partial charge in [-0.2, -0.15) is 4.57 Å². The fourth-order valence-electron chi connectivity index (χ4n) is 10.2. The predicted molar refractivity (Wildman–Crippen MR) is 340 cm³/mol. The molecule has 10 heteroatoms. The molecule has 0 aliphatic heterocycles. The van der Waals surface area contributed by atoms with Gasteiger partial charge < -0.3 is 4.90 Å². The van der Waals surface area contributed by atoms with Crippen LogP contribution in [0.4, 0.5) is 17.1 Å². The van der Waals surface area contributed by atoms with Crippen molar-refractivity contribution in [2.75, 3.05) is 4.90 Å². The van der Waals surface area contributed by atoms with Crippen molar-refractivity contribution >= 4 is 33.0 Å². The molecule has 14 rings (SSSR count). The molecule has 4 heterocycles. The second-order valence-corrected chi connectivity index (χ2v) is 20.4. The number of nitrogens with one attached hydrogen (secondary N) is 1. The number of rotatable bonds is 13. The molecule has 14 aromatic rings. The standard InChI is InChI=1S/C36H27N5.C22H18N2.C15H11BrN2/c1-4-14-30(15-5-1)39-24-22-37-35(39)28-12-10-20-33(26-28)41(32-18-8-3-9-19-32)34-21-11-13-29(27-34)36-38-23-25-40(36)31-16-6-2-7-17-31;1-3-8-18(9-4-1)16-19-10-7-11-20(17-19)22-23-14-15-24(22)21-12-5-2-6-13-21;16-13-6-4-5-12(11-13)15-17-9-10-18(15)14-7-2-1-3-8-14/h1-27H;1-15,17H,16H2;1-11H/p+1. The molecule has 0 saturated heterocycles. The number of aromatic amines is 1. The largest absolute Gasteiger partial charge is 0.310 e. The van der Waals surface area contributed by atoms with Crippen molar-refractivity contribution in [1.29, 1.82) is 0 Å². The van der Waals surface area contributed by atoms with Crippen LogP contribution in [0.15, 0.2) is 333 Å². The number of anilines is 3. The van der Waals surface area contributed by atoms with Gasteiger partial charge in [0.2, 0.25) is 0 Å². The van der Waals surface area contributed by atoms with Gasteiger partial charge in [0, 0.05) is 92.5 Å². The molecule has 4 aromatic heterocycles. The van der Waals surface area contributed by atoms with Crippen molar-refractivity contribution in [3.63, 3.8) is 0 Å². The maximum Gasteiger partial charge on any atom is 0.291 e. The van der Waals surface area contributed by atoms with Crippen molar-refractivity contribution in [1.82, 2.24) is 33.6 Å². The molecule has 1 N–H and O–H groups in total. The van der Waals surface area contributed by atoms with E-state index in [4.69, 9.17) is 4.98 Å². The van der Waals surface area contributed by atoms with E-state index in [1.165, 1.54) is 11.1 Å². The average Bonchev–Trinajstić information content (AvgIpc) is 4.63. The Kier molecular flexibility index (Phi) is 16.4. The number of benzene rings is 10. The van der Waals surface area contributed by atoms with Gasteiger partial charge in [-0.3, -0.25) is 13.7 Å². The first-order chi connectivity index (χ1) is 41.1. The van der Waals surface area contributed by atoms with Crippen LogP contribution < -0.4 is 9.47 Å². The van der Waals surface area contributed by atoms with Crippen molar-refractivity contribution in [2.45, 2.75) is 6.42 Å². The third kappa shape index (κ3) is 12.5. The maximum absolute atomic E-state index is 4.73. The molecule has 0 aliphatic rings. The summed E-state index contributed by atoms with van der Waals surface area (Å²) in [5.74, 6) is 3.83. The lowest BCUT2D eigenvalue weighted by Gasteiger charge is -2.26. The number of para-hydroxylation sites is 5. The highest BCUT2D eigenvalue weighted by Gasteiger charge is 2.20. The molecule has 0 fully saturated rings. The lowest BCUT2D eigenvalue weighted by atomic mass is 10.0. The predicted octanol–water partition coefficient (Wildman–Crippen LogP) is 17.7. The number of aromatic nitrogens is 8. The summed E-state index contributed by atoms with van der Waals surface area (Å²) in [6.07, 6.45) is 16.5. The molecule has 0 saturated carbocycles. The van der Waals surface area contributed by atoms with Gasteiger partial charge in [0.1, 0.15) is 35.6 Å². The van der Waals surface area contributed by atoms with E-state index in [0.717, 1.165) is 96.3 Å². The monoisotopic (exact) mass is 1140 g/mol.